The van der Waals surface area contributed by atoms with E-state index in [9.17, 15) is 0 Å². The molecule has 19 heavy (non-hydrogen) atoms. The average Bonchev–Trinajstić information content (AvgIpc) is 2.38. The second-order valence-corrected chi connectivity index (χ2v) is 6.07. The predicted molar refractivity (Wildman–Crippen MR) is 84.4 cm³/mol. The Kier molecular flexibility index (Phi) is 4.35. The van der Waals surface area contributed by atoms with Crippen LogP contribution in [0, 0.1) is 6.92 Å². The number of hydrogen-bond acceptors (Lipinski definition) is 3. The van der Waals surface area contributed by atoms with Crippen molar-refractivity contribution >= 4 is 11.4 Å². The first-order chi connectivity index (χ1) is 8.99. The van der Waals surface area contributed by atoms with Crippen LogP contribution in [0.5, 0.6) is 0 Å². The van der Waals surface area contributed by atoms with Gasteiger partial charge in [-0.2, -0.15) is 0 Å². The quantitative estimate of drug-likeness (QED) is 0.828. The van der Waals surface area contributed by atoms with Crippen LogP contribution in [0.1, 0.15) is 18.4 Å². The number of piperidine rings is 1. The van der Waals surface area contributed by atoms with Gasteiger partial charge in [0.25, 0.3) is 0 Å². The Hall–Kier alpha value is -1.22. The number of benzene rings is 1. The van der Waals surface area contributed by atoms with Gasteiger partial charge in [0.15, 0.2) is 0 Å². The lowest BCUT2D eigenvalue weighted by molar-refractivity contribution is 0.250. The molecule has 0 spiro atoms. The second-order valence-electron chi connectivity index (χ2n) is 6.07. The average molecular weight is 261 g/mol. The first-order valence-electron chi connectivity index (χ1n) is 7.18. The summed E-state index contributed by atoms with van der Waals surface area (Å²) in [5.74, 6) is 0. The standard InChI is InChI=1S/C16H27N3/c1-13-6-7-15(16(12-13)18(4)5)19-10-8-14(9-11-19)17(2)3/h6-7,12,14H,8-11H2,1-5H3. The van der Waals surface area contributed by atoms with Crippen molar-refractivity contribution in [2.24, 2.45) is 0 Å². The Morgan fingerprint density at radius 3 is 2.21 bits per heavy atom. The Morgan fingerprint density at radius 2 is 1.68 bits per heavy atom. The van der Waals surface area contributed by atoms with Crippen molar-refractivity contribution < 1.29 is 0 Å². The summed E-state index contributed by atoms with van der Waals surface area (Å²) < 4.78 is 0. The number of nitrogens with zero attached hydrogens (tertiary/aromatic N) is 3. The number of aryl methyl sites for hydroxylation is 1. The molecule has 3 heteroatoms. The van der Waals surface area contributed by atoms with Gasteiger partial charge < -0.3 is 14.7 Å². The zero-order chi connectivity index (χ0) is 14.0. The van der Waals surface area contributed by atoms with E-state index >= 15 is 0 Å². The van der Waals surface area contributed by atoms with Crippen molar-refractivity contribution in [3.8, 4) is 0 Å². The van der Waals surface area contributed by atoms with Crippen molar-refractivity contribution in [2.45, 2.75) is 25.8 Å². The van der Waals surface area contributed by atoms with Gasteiger partial charge in [-0.3, -0.25) is 0 Å². The van der Waals surface area contributed by atoms with Gasteiger partial charge in [-0.15, -0.1) is 0 Å². The summed E-state index contributed by atoms with van der Waals surface area (Å²) in [4.78, 5) is 7.12. The maximum Gasteiger partial charge on any atom is 0.0604 e. The highest BCUT2D eigenvalue weighted by Crippen LogP contribution is 2.31. The van der Waals surface area contributed by atoms with Crippen LogP contribution in [0.4, 0.5) is 11.4 Å². The molecule has 0 aromatic heterocycles. The van der Waals surface area contributed by atoms with Crippen LogP contribution < -0.4 is 9.80 Å². The fourth-order valence-corrected chi connectivity index (χ4v) is 2.88. The molecule has 0 N–H and O–H groups in total. The van der Waals surface area contributed by atoms with E-state index < -0.39 is 0 Å². The fourth-order valence-electron chi connectivity index (χ4n) is 2.88. The molecular weight excluding hydrogens is 234 g/mol. The molecule has 1 saturated heterocycles. The van der Waals surface area contributed by atoms with Gasteiger partial charge in [0.05, 0.1) is 11.4 Å². The Labute approximate surface area is 117 Å². The number of hydrogen-bond donors (Lipinski definition) is 0. The summed E-state index contributed by atoms with van der Waals surface area (Å²) in [6.45, 7) is 4.48. The van der Waals surface area contributed by atoms with Crippen LogP contribution in [0.25, 0.3) is 0 Å². The van der Waals surface area contributed by atoms with Crippen molar-refractivity contribution in [3.05, 3.63) is 23.8 Å². The van der Waals surface area contributed by atoms with Gasteiger partial charge >= 0.3 is 0 Å². The van der Waals surface area contributed by atoms with Crippen LogP contribution in [0.15, 0.2) is 18.2 Å². The highest BCUT2D eigenvalue weighted by atomic mass is 15.2. The van der Waals surface area contributed by atoms with E-state index in [2.05, 4.69) is 68.0 Å². The van der Waals surface area contributed by atoms with Crippen LogP contribution in [-0.4, -0.2) is 52.2 Å². The summed E-state index contributed by atoms with van der Waals surface area (Å²) in [6, 6.07) is 7.53. The molecule has 0 radical (unpaired) electrons. The maximum absolute atomic E-state index is 2.54. The molecule has 3 nitrogen and oxygen atoms in total. The van der Waals surface area contributed by atoms with E-state index in [1.54, 1.807) is 0 Å². The summed E-state index contributed by atoms with van der Waals surface area (Å²) in [5.41, 5.74) is 4.05. The van der Waals surface area contributed by atoms with Gasteiger partial charge in [0, 0.05) is 33.2 Å². The Morgan fingerprint density at radius 1 is 1.05 bits per heavy atom. The molecule has 106 valence electrons. The zero-order valence-electron chi connectivity index (χ0n) is 13.0. The normalized spacial score (nSPS) is 17.1. The lowest BCUT2D eigenvalue weighted by atomic mass is 10.0. The number of anilines is 2. The van der Waals surface area contributed by atoms with Gasteiger partial charge in [-0.1, -0.05) is 6.07 Å². The summed E-state index contributed by atoms with van der Waals surface area (Å²) in [7, 11) is 8.64. The fraction of sp³-hybridized carbons (Fsp3) is 0.625. The smallest absolute Gasteiger partial charge is 0.0604 e. The van der Waals surface area contributed by atoms with E-state index in [0.29, 0.717) is 0 Å². The molecule has 0 atom stereocenters. The molecule has 1 aliphatic heterocycles. The molecule has 1 aromatic rings. The maximum atomic E-state index is 2.54. The third-order valence-electron chi connectivity index (χ3n) is 4.15. The topological polar surface area (TPSA) is 9.72 Å². The van der Waals surface area contributed by atoms with Crippen molar-refractivity contribution in [1.29, 1.82) is 0 Å². The van der Waals surface area contributed by atoms with E-state index in [0.717, 1.165) is 19.1 Å². The largest absolute Gasteiger partial charge is 0.376 e. The van der Waals surface area contributed by atoms with Crippen LogP contribution in [0.2, 0.25) is 0 Å². The Bertz CT molecular complexity index is 418. The van der Waals surface area contributed by atoms with Crippen molar-refractivity contribution in [3.63, 3.8) is 0 Å². The third kappa shape index (κ3) is 3.21. The van der Waals surface area contributed by atoms with Gasteiger partial charge in [0.1, 0.15) is 0 Å². The van der Waals surface area contributed by atoms with Crippen molar-refractivity contribution in [2.75, 3.05) is 51.1 Å². The van der Waals surface area contributed by atoms with Crippen LogP contribution in [-0.2, 0) is 0 Å². The molecular formula is C16H27N3. The van der Waals surface area contributed by atoms with E-state index in [4.69, 9.17) is 0 Å². The molecule has 1 aliphatic rings. The molecule has 0 bridgehead atoms. The van der Waals surface area contributed by atoms with E-state index in [1.807, 2.05) is 0 Å². The molecule has 2 rings (SSSR count). The van der Waals surface area contributed by atoms with E-state index in [1.165, 1.54) is 29.8 Å². The molecule has 1 heterocycles. The predicted octanol–water partition coefficient (Wildman–Crippen LogP) is 2.59. The third-order valence-corrected chi connectivity index (χ3v) is 4.15. The van der Waals surface area contributed by atoms with Crippen LogP contribution in [0.3, 0.4) is 0 Å². The van der Waals surface area contributed by atoms with Gasteiger partial charge in [-0.25, -0.2) is 0 Å². The lowest BCUT2D eigenvalue weighted by Gasteiger charge is -2.38. The van der Waals surface area contributed by atoms with Gasteiger partial charge in [0.2, 0.25) is 0 Å². The summed E-state index contributed by atoms with van der Waals surface area (Å²) in [6.07, 6.45) is 2.52. The monoisotopic (exact) mass is 261 g/mol. The van der Waals surface area contributed by atoms with E-state index in [-0.39, 0.29) is 0 Å². The highest BCUT2D eigenvalue weighted by molar-refractivity contribution is 5.72. The molecule has 0 amide bonds. The lowest BCUT2D eigenvalue weighted by Crippen LogP contribution is -2.42. The second kappa shape index (κ2) is 5.83. The number of rotatable bonds is 3. The summed E-state index contributed by atoms with van der Waals surface area (Å²) >= 11 is 0. The Balaban J connectivity index is 2.15. The minimum atomic E-state index is 0.740. The SMILES string of the molecule is Cc1ccc(N2CCC(N(C)C)CC2)c(N(C)C)c1. The van der Waals surface area contributed by atoms with Crippen LogP contribution >= 0.6 is 0 Å². The minimum Gasteiger partial charge on any atom is -0.376 e. The minimum absolute atomic E-state index is 0.740. The molecule has 0 aliphatic carbocycles. The van der Waals surface area contributed by atoms with Gasteiger partial charge in [-0.05, 0) is 51.6 Å². The first kappa shape index (κ1) is 14.2. The molecule has 1 aromatic carbocycles. The van der Waals surface area contributed by atoms with Crippen molar-refractivity contribution in [1.82, 2.24) is 4.90 Å². The first-order valence-corrected chi connectivity index (χ1v) is 7.18. The molecule has 0 unspecified atom stereocenters. The summed E-state index contributed by atoms with van der Waals surface area (Å²) in [5, 5.41) is 0. The zero-order valence-corrected chi connectivity index (χ0v) is 13.0. The molecule has 0 saturated carbocycles. The highest BCUT2D eigenvalue weighted by Gasteiger charge is 2.22. The molecule has 1 fully saturated rings.